The molecule has 8 N–H and O–H groups in total. The molecule has 282 valence electrons. The smallest absolute Gasteiger partial charge is 0.408 e. The summed E-state index contributed by atoms with van der Waals surface area (Å²) in [7, 11) is 0. The molecule has 0 saturated heterocycles. The van der Waals surface area contributed by atoms with Gasteiger partial charge >= 0.3 is 12.1 Å². The number of carbonyl (C=O) groups excluding carboxylic acids is 5. The predicted molar refractivity (Wildman–Crippen MR) is 196 cm³/mol. The highest BCUT2D eigenvalue weighted by molar-refractivity contribution is 5.97. The van der Waals surface area contributed by atoms with Gasteiger partial charge in [-0.3, -0.25) is 26.0 Å². The molecule has 4 fully saturated rings. The van der Waals surface area contributed by atoms with E-state index in [4.69, 9.17) is 26.1 Å². The summed E-state index contributed by atoms with van der Waals surface area (Å²) in [4.78, 5) is 65.5. The Morgan fingerprint density at radius 1 is 0.868 bits per heavy atom. The highest BCUT2D eigenvalue weighted by Gasteiger charge is 2.53. The lowest BCUT2D eigenvalue weighted by Crippen LogP contribution is -2.78. The number of nitrogens with two attached hydrogens (primary N) is 2. The first-order chi connectivity index (χ1) is 25.4. The second-order valence-electron chi connectivity index (χ2n) is 14.7. The minimum Gasteiger partial charge on any atom is -0.550 e. The van der Waals surface area contributed by atoms with Crippen LogP contribution in [0.25, 0.3) is 10.8 Å². The van der Waals surface area contributed by atoms with Crippen molar-refractivity contribution in [3.63, 3.8) is 0 Å². The number of guanidine groups is 1. The number of rotatable bonds is 14. The molecule has 0 radical (unpaired) electrons. The lowest BCUT2D eigenvalue weighted by atomic mass is 9.54. The van der Waals surface area contributed by atoms with Gasteiger partial charge in [0, 0.05) is 12.4 Å². The number of fused-ring (bicyclic) bond motifs is 1. The van der Waals surface area contributed by atoms with E-state index in [9.17, 15) is 19.2 Å². The van der Waals surface area contributed by atoms with Crippen LogP contribution in [0.3, 0.4) is 0 Å². The number of hydrogen-bond acceptors (Lipinski definition) is 7. The third-order valence-electron chi connectivity index (χ3n) is 10.4. The molecule has 13 nitrogen and oxygen atoms in total. The monoisotopic (exact) mass is 726 g/mol. The Morgan fingerprint density at radius 3 is 2.09 bits per heavy atom. The maximum Gasteiger partial charge on any atom is 0.408 e. The molecular weight excluding hydrogens is 676 g/mol. The summed E-state index contributed by atoms with van der Waals surface area (Å²) in [5.41, 5.74) is 11.8. The molecule has 3 aromatic rings. The molecule has 4 bridgehead atoms. The van der Waals surface area contributed by atoms with Gasteiger partial charge in [0.15, 0.2) is 0 Å². The zero-order valence-electron chi connectivity index (χ0n) is 30.1. The fraction of sp³-hybridized carbons (Fsp3) is 0.450. The number of amides is 3. The number of aliphatic carboxylic acids is 1. The minimum atomic E-state index is -1.15. The maximum absolute atomic E-state index is 14.4. The van der Waals surface area contributed by atoms with Gasteiger partial charge in [0.2, 0.25) is 11.8 Å². The van der Waals surface area contributed by atoms with Gasteiger partial charge in [-0.15, -0.1) is 0 Å². The predicted octanol–water partition coefficient (Wildman–Crippen LogP) is 0.878. The van der Waals surface area contributed by atoms with Crippen molar-refractivity contribution in [3.05, 3.63) is 83.9 Å². The topological polar surface area (TPSA) is 220 Å². The summed E-state index contributed by atoms with van der Waals surface area (Å²) in [5, 5.41) is 19.2. The van der Waals surface area contributed by atoms with Crippen LogP contribution in [-0.2, 0) is 30.3 Å². The molecule has 3 aromatic carbocycles. The second kappa shape index (κ2) is 17.8. The molecule has 4 saturated carbocycles. The third kappa shape index (κ3) is 10.8. The average molecular weight is 727 g/mol. The van der Waals surface area contributed by atoms with Crippen molar-refractivity contribution >= 4 is 46.9 Å². The van der Waals surface area contributed by atoms with Gasteiger partial charge in [-0.05, 0) is 97.9 Å². The molecule has 3 amide bonds. The highest BCUT2D eigenvalue weighted by Crippen LogP contribution is 2.57. The number of hydrogen-bond donors (Lipinski definition) is 6. The summed E-state index contributed by atoms with van der Waals surface area (Å²) in [6.45, 7) is 1.41. The lowest BCUT2D eigenvalue weighted by Gasteiger charge is -2.55. The number of alkyl carbamates (subject to hydrolysis) is 1. The molecule has 53 heavy (non-hydrogen) atoms. The fourth-order valence-corrected chi connectivity index (χ4v) is 8.61. The average Bonchev–Trinajstić information content (AvgIpc) is 3.10. The van der Waals surface area contributed by atoms with Crippen molar-refractivity contribution in [3.8, 4) is 0 Å². The van der Waals surface area contributed by atoms with Gasteiger partial charge in [-0.2, -0.15) is 0 Å². The summed E-state index contributed by atoms with van der Waals surface area (Å²) in [6.07, 6.45) is 7.29. The van der Waals surface area contributed by atoms with E-state index >= 15 is 0 Å². The van der Waals surface area contributed by atoms with Gasteiger partial charge in [-0.1, -0.05) is 72.8 Å². The molecule has 0 aromatic heterocycles. The van der Waals surface area contributed by atoms with E-state index in [1.54, 1.807) is 0 Å². The number of aldehydes is 1. The number of nitrogens with one attached hydrogen (secondary N) is 4. The Bertz CT molecular complexity index is 1750. The van der Waals surface area contributed by atoms with Crippen LogP contribution in [0.1, 0.15) is 75.5 Å². The maximum atomic E-state index is 14.4. The zero-order chi connectivity index (χ0) is 38.0. The van der Waals surface area contributed by atoms with Crippen molar-refractivity contribution in [2.75, 3.05) is 6.54 Å². The van der Waals surface area contributed by atoms with Crippen LogP contribution >= 0.6 is 0 Å². The summed E-state index contributed by atoms with van der Waals surface area (Å²) >= 11 is 0. The SMILES string of the molecule is CC(=O)[O-].NC(N)=[NH+]CCC[C@@H](C=O)NC(=O)[C@H](Cc1ccccc1)NC(=O)[C@H](NC(=O)OC12CC3CC(CC(C3)C1)C2)c1cccc2ccccc12. The van der Waals surface area contributed by atoms with E-state index in [1.165, 1.54) is 19.3 Å². The Hall–Kier alpha value is -5.46. The Kier molecular flexibility index (Phi) is 13.1. The van der Waals surface area contributed by atoms with Crippen LogP contribution in [0.2, 0.25) is 0 Å². The van der Waals surface area contributed by atoms with Crippen LogP contribution in [0.4, 0.5) is 4.79 Å². The molecule has 0 unspecified atom stereocenters. The fourth-order valence-electron chi connectivity index (χ4n) is 8.61. The van der Waals surface area contributed by atoms with Gasteiger partial charge in [0.1, 0.15) is 24.0 Å². The standard InChI is InChI=1S/C38H46N6O5.C2H4O2/c39-36(40)41-15-7-12-29(23-45)42-34(46)32(19-24-8-2-1-3-9-24)43-35(47)33(31-14-6-11-28-10-4-5-13-30(28)31)44-37(48)49-38-20-25-16-26(21-38)18-27(17-25)22-38;1-2(3)4/h1-6,8-11,13-14,23,25-27,29,32-33H,7,12,15-22H2,(H,42,46)(H,43,47)(H,44,48)(H4,39,40,41);1H3,(H,3,4)/t25?,26?,27?,29-,32-,33+,38?;/m0./s1. The van der Waals surface area contributed by atoms with Gasteiger partial charge in [0.25, 0.3) is 0 Å². The van der Waals surface area contributed by atoms with Gasteiger partial charge < -0.3 is 35.4 Å². The highest BCUT2D eigenvalue weighted by atomic mass is 16.6. The van der Waals surface area contributed by atoms with Crippen LogP contribution in [0.15, 0.2) is 72.8 Å². The first kappa shape index (κ1) is 38.8. The van der Waals surface area contributed by atoms with Crippen molar-refractivity contribution in [1.29, 1.82) is 0 Å². The number of carbonyl (C=O) groups is 5. The molecule has 7 rings (SSSR count). The Labute approximate surface area is 309 Å². The molecule has 0 heterocycles. The lowest BCUT2D eigenvalue weighted by molar-refractivity contribution is -0.459. The van der Waals surface area contributed by atoms with E-state index in [0.717, 1.165) is 42.5 Å². The summed E-state index contributed by atoms with van der Waals surface area (Å²) < 4.78 is 6.27. The zero-order valence-corrected chi connectivity index (χ0v) is 30.1. The van der Waals surface area contributed by atoms with E-state index < -0.39 is 47.6 Å². The van der Waals surface area contributed by atoms with Gasteiger partial charge in [-0.25, -0.2) is 4.79 Å². The van der Waals surface area contributed by atoms with Crippen LogP contribution in [0, 0.1) is 17.8 Å². The molecule has 4 aliphatic rings. The molecule has 3 atom stereocenters. The van der Waals surface area contributed by atoms with Gasteiger partial charge in [0.05, 0.1) is 12.6 Å². The normalized spacial score (nSPS) is 22.5. The van der Waals surface area contributed by atoms with Crippen molar-refractivity contribution in [2.24, 2.45) is 29.2 Å². The first-order valence-electron chi connectivity index (χ1n) is 18.3. The molecule has 13 heteroatoms. The van der Waals surface area contributed by atoms with Crippen LogP contribution in [0.5, 0.6) is 0 Å². The summed E-state index contributed by atoms with van der Waals surface area (Å²) in [6, 6.07) is 19.6. The number of benzene rings is 3. The number of carboxylic acids is 1. The molecule has 4 aliphatic carbocycles. The van der Waals surface area contributed by atoms with Crippen molar-refractivity contribution < 1.29 is 38.8 Å². The molecule has 0 aliphatic heterocycles. The van der Waals surface area contributed by atoms with E-state index in [-0.39, 0.29) is 12.4 Å². The number of carboxylic acid groups (broad SMARTS) is 1. The molecule has 0 spiro atoms. The minimum absolute atomic E-state index is 0.0773. The van der Waals surface area contributed by atoms with Crippen molar-refractivity contribution in [1.82, 2.24) is 16.0 Å². The largest absolute Gasteiger partial charge is 0.550 e. The van der Waals surface area contributed by atoms with Crippen molar-refractivity contribution in [2.45, 2.75) is 88.4 Å². The second-order valence-corrected chi connectivity index (χ2v) is 14.7. The Morgan fingerprint density at radius 2 is 1.47 bits per heavy atom. The molecular formula is C40H50N6O7. The number of ether oxygens (including phenoxy) is 1. The summed E-state index contributed by atoms with van der Waals surface area (Å²) in [5.74, 6) is -0.338. The van der Waals surface area contributed by atoms with E-state index in [2.05, 4.69) is 20.9 Å². The van der Waals surface area contributed by atoms with E-state index in [0.29, 0.717) is 49.0 Å². The van der Waals surface area contributed by atoms with E-state index in [1.807, 2.05) is 72.8 Å². The third-order valence-corrected chi connectivity index (χ3v) is 10.4. The quantitative estimate of drug-likeness (QED) is 0.0600. The van der Waals surface area contributed by atoms with Crippen LogP contribution in [-0.4, -0.2) is 60.4 Å². The Balaban J connectivity index is 0.00000129. The van der Waals surface area contributed by atoms with Crippen LogP contribution < -0.4 is 37.5 Å². The first-order valence-corrected chi connectivity index (χ1v) is 18.3.